The van der Waals surface area contributed by atoms with E-state index in [9.17, 15) is 9.18 Å². The summed E-state index contributed by atoms with van der Waals surface area (Å²) in [5, 5.41) is 16.1. The highest BCUT2D eigenvalue weighted by molar-refractivity contribution is 5.86. The number of aromatic carboxylic acids is 1. The minimum atomic E-state index is -1.07. The molecule has 2 aromatic rings. The second kappa shape index (κ2) is 4.34. The zero-order chi connectivity index (χ0) is 13.4. The first-order valence-corrected chi connectivity index (χ1v) is 5.83. The maximum absolute atomic E-state index is 12.9. The molecule has 19 heavy (non-hydrogen) atoms. The molecule has 3 rings (SSSR count). The van der Waals surface area contributed by atoms with Gasteiger partial charge in [0.2, 0.25) is 0 Å². The van der Waals surface area contributed by atoms with Crippen LogP contribution in [0, 0.1) is 5.82 Å². The van der Waals surface area contributed by atoms with Crippen molar-refractivity contribution >= 4 is 11.8 Å². The number of anilines is 1. The first-order valence-electron chi connectivity index (χ1n) is 5.83. The van der Waals surface area contributed by atoms with Crippen LogP contribution in [0.3, 0.4) is 0 Å². The predicted octanol–water partition coefficient (Wildman–Crippen LogP) is 1.52. The van der Waals surface area contributed by atoms with Crippen molar-refractivity contribution in [1.29, 1.82) is 0 Å². The molecule has 2 N–H and O–H groups in total. The number of nitrogens with zero attached hydrogens (tertiary/aromatic N) is 3. The Hall–Kier alpha value is -2.44. The molecule has 98 valence electrons. The Morgan fingerprint density at radius 1 is 1.53 bits per heavy atom. The Balaban J connectivity index is 2.02. The maximum atomic E-state index is 12.9. The van der Waals surface area contributed by atoms with E-state index in [0.717, 1.165) is 6.20 Å². The molecule has 1 unspecified atom stereocenters. The lowest BCUT2D eigenvalue weighted by Crippen LogP contribution is -2.25. The van der Waals surface area contributed by atoms with Gasteiger partial charge in [-0.2, -0.15) is 5.10 Å². The standard InChI is InChI=1S/C12H11FN4O2/c13-7-1-2-8(15-6-7)10-3-4-14-11-5-9(12(18)19)16-17(10)11/h1-2,5-6,10,14H,3-4H2,(H,18,19). The number of hydrogen-bond donors (Lipinski definition) is 2. The van der Waals surface area contributed by atoms with E-state index in [1.54, 1.807) is 10.7 Å². The molecule has 0 bridgehead atoms. The zero-order valence-electron chi connectivity index (χ0n) is 9.88. The maximum Gasteiger partial charge on any atom is 0.356 e. The summed E-state index contributed by atoms with van der Waals surface area (Å²) in [5.74, 6) is -0.834. The molecule has 0 fully saturated rings. The third-order valence-corrected chi connectivity index (χ3v) is 3.07. The number of aromatic nitrogens is 3. The highest BCUT2D eigenvalue weighted by Crippen LogP contribution is 2.28. The second-order valence-electron chi connectivity index (χ2n) is 4.30. The molecule has 0 aromatic carbocycles. The van der Waals surface area contributed by atoms with Gasteiger partial charge in [0.25, 0.3) is 0 Å². The van der Waals surface area contributed by atoms with Gasteiger partial charge in [-0.1, -0.05) is 0 Å². The fourth-order valence-corrected chi connectivity index (χ4v) is 2.19. The smallest absolute Gasteiger partial charge is 0.356 e. The molecule has 0 amide bonds. The summed E-state index contributed by atoms with van der Waals surface area (Å²) in [6, 6.07) is 4.24. The molecular formula is C12H11FN4O2. The van der Waals surface area contributed by atoms with Gasteiger partial charge in [0, 0.05) is 12.6 Å². The first-order chi connectivity index (χ1) is 9.15. The van der Waals surface area contributed by atoms with Crippen molar-refractivity contribution in [2.75, 3.05) is 11.9 Å². The lowest BCUT2D eigenvalue weighted by molar-refractivity contribution is 0.0689. The van der Waals surface area contributed by atoms with E-state index < -0.39 is 11.8 Å². The first kappa shape index (κ1) is 11.6. The lowest BCUT2D eigenvalue weighted by Gasteiger charge is -2.25. The number of pyridine rings is 1. The van der Waals surface area contributed by atoms with E-state index in [2.05, 4.69) is 15.4 Å². The summed E-state index contributed by atoms with van der Waals surface area (Å²) in [4.78, 5) is 15.0. The Morgan fingerprint density at radius 3 is 3.05 bits per heavy atom. The number of carboxylic acids is 1. The molecule has 0 saturated carbocycles. The molecule has 0 saturated heterocycles. The van der Waals surface area contributed by atoms with Crippen LogP contribution in [0.1, 0.15) is 28.6 Å². The average Bonchev–Trinajstić information content (AvgIpc) is 2.83. The number of hydrogen-bond acceptors (Lipinski definition) is 4. The third kappa shape index (κ3) is 2.03. The Morgan fingerprint density at radius 2 is 2.37 bits per heavy atom. The van der Waals surface area contributed by atoms with Crippen molar-refractivity contribution in [3.63, 3.8) is 0 Å². The van der Waals surface area contributed by atoms with E-state index >= 15 is 0 Å². The molecule has 6 nitrogen and oxygen atoms in total. The number of halogens is 1. The van der Waals surface area contributed by atoms with Crippen molar-refractivity contribution in [1.82, 2.24) is 14.8 Å². The molecule has 1 atom stereocenters. The van der Waals surface area contributed by atoms with Gasteiger partial charge >= 0.3 is 5.97 Å². The van der Waals surface area contributed by atoms with Gasteiger partial charge in [0.1, 0.15) is 11.6 Å². The van der Waals surface area contributed by atoms with Crippen molar-refractivity contribution < 1.29 is 14.3 Å². The van der Waals surface area contributed by atoms with Crippen molar-refractivity contribution in [3.8, 4) is 0 Å². The number of fused-ring (bicyclic) bond motifs is 1. The van der Waals surface area contributed by atoms with E-state index in [-0.39, 0.29) is 11.7 Å². The number of rotatable bonds is 2. The second-order valence-corrected chi connectivity index (χ2v) is 4.30. The summed E-state index contributed by atoms with van der Waals surface area (Å²) in [6.45, 7) is 0.689. The summed E-state index contributed by atoms with van der Waals surface area (Å²) in [6.07, 6.45) is 1.87. The molecule has 7 heteroatoms. The van der Waals surface area contributed by atoms with Crippen LogP contribution in [0.5, 0.6) is 0 Å². The molecule has 1 aliphatic rings. The van der Waals surface area contributed by atoms with Crippen molar-refractivity contribution in [2.24, 2.45) is 0 Å². The minimum absolute atomic E-state index is 0.0171. The van der Waals surface area contributed by atoms with Crippen LogP contribution in [0.2, 0.25) is 0 Å². The van der Waals surface area contributed by atoms with Gasteiger partial charge in [-0.15, -0.1) is 0 Å². The van der Waals surface area contributed by atoms with Crippen LogP contribution in [-0.4, -0.2) is 32.4 Å². The Bertz CT molecular complexity index is 623. The normalized spacial score (nSPS) is 17.6. The molecule has 1 aliphatic heterocycles. The van der Waals surface area contributed by atoms with E-state index in [0.29, 0.717) is 24.5 Å². The molecule has 2 aromatic heterocycles. The van der Waals surface area contributed by atoms with Gasteiger partial charge in [-0.05, 0) is 18.6 Å². The topological polar surface area (TPSA) is 80.0 Å². The lowest BCUT2D eigenvalue weighted by atomic mass is 10.1. The number of nitrogens with one attached hydrogen (secondary N) is 1. The van der Waals surface area contributed by atoms with E-state index in [1.165, 1.54) is 12.1 Å². The molecule has 0 radical (unpaired) electrons. The Labute approximate surface area is 107 Å². The highest BCUT2D eigenvalue weighted by Gasteiger charge is 2.25. The van der Waals surface area contributed by atoms with Crippen LogP contribution >= 0.6 is 0 Å². The van der Waals surface area contributed by atoms with Crippen LogP contribution in [0.15, 0.2) is 24.4 Å². The van der Waals surface area contributed by atoms with Gasteiger partial charge in [0.15, 0.2) is 5.69 Å². The molecule has 0 spiro atoms. The van der Waals surface area contributed by atoms with Crippen LogP contribution in [0.25, 0.3) is 0 Å². The largest absolute Gasteiger partial charge is 0.476 e. The van der Waals surface area contributed by atoms with Gasteiger partial charge in [-0.3, -0.25) is 4.98 Å². The predicted molar refractivity (Wildman–Crippen MR) is 64.6 cm³/mol. The van der Waals surface area contributed by atoms with E-state index in [1.807, 2.05) is 0 Å². The minimum Gasteiger partial charge on any atom is -0.476 e. The number of carboxylic acid groups (broad SMARTS) is 1. The third-order valence-electron chi connectivity index (χ3n) is 3.07. The van der Waals surface area contributed by atoms with Crippen molar-refractivity contribution in [2.45, 2.75) is 12.5 Å². The van der Waals surface area contributed by atoms with Crippen LogP contribution < -0.4 is 5.32 Å². The van der Waals surface area contributed by atoms with Crippen LogP contribution in [-0.2, 0) is 0 Å². The van der Waals surface area contributed by atoms with Crippen LogP contribution in [0.4, 0.5) is 10.2 Å². The Kier molecular flexibility index (Phi) is 2.66. The molecule has 3 heterocycles. The summed E-state index contributed by atoms with van der Waals surface area (Å²) < 4.78 is 14.5. The summed E-state index contributed by atoms with van der Waals surface area (Å²) in [7, 11) is 0. The number of carbonyl (C=O) groups is 1. The van der Waals surface area contributed by atoms with Gasteiger partial charge in [-0.25, -0.2) is 13.9 Å². The SMILES string of the molecule is O=C(O)c1cc2n(n1)C(c1ccc(F)cn1)CCN2. The fraction of sp³-hybridized carbons (Fsp3) is 0.250. The summed E-state index contributed by atoms with van der Waals surface area (Å²) >= 11 is 0. The highest BCUT2D eigenvalue weighted by atomic mass is 19.1. The van der Waals surface area contributed by atoms with E-state index in [4.69, 9.17) is 5.11 Å². The zero-order valence-corrected chi connectivity index (χ0v) is 9.88. The monoisotopic (exact) mass is 262 g/mol. The summed E-state index contributed by atoms with van der Waals surface area (Å²) in [5.41, 5.74) is 0.653. The fourth-order valence-electron chi connectivity index (χ4n) is 2.19. The molecular weight excluding hydrogens is 251 g/mol. The average molecular weight is 262 g/mol. The quantitative estimate of drug-likeness (QED) is 0.857. The van der Waals surface area contributed by atoms with Crippen molar-refractivity contribution in [3.05, 3.63) is 41.6 Å². The van der Waals surface area contributed by atoms with Gasteiger partial charge < -0.3 is 10.4 Å². The van der Waals surface area contributed by atoms with Gasteiger partial charge in [0.05, 0.1) is 17.9 Å². The molecule has 0 aliphatic carbocycles.